The summed E-state index contributed by atoms with van der Waals surface area (Å²) in [6, 6.07) is 82.1. The normalized spacial score (nSPS) is 13.9. The molecule has 12 rings (SSSR count). The SMILES string of the molecule is C=C(/C=C(\C=C\c1nc(-c2ccccc2)nc(-c2cc(-c3ccc(-c4ccccc4)cc3)c(-n3c4ccccc4c4cc(-c5ccccc5)ccc43)c(C3C=CC(c4ccccc4)=CC3)c2)n1)c1ccccc1)/C(C)=C/C=C\C. The molecule has 1 unspecified atom stereocenters. The van der Waals surface area contributed by atoms with Gasteiger partial charge in [0.2, 0.25) is 0 Å². The Morgan fingerprint density at radius 1 is 0.532 bits per heavy atom. The fourth-order valence-electron chi connectivity index (χ4n) is 10.7. The van der Waals surface area contributed by atoms with E-state index in [9.17, 15) is 0 Å². The lowest BCUT2D eigenvalue weighted by molar-refractivity contribution is 0.846. The predicted molar refractivity (Wildman–Crippen MR) is 333 cm³/mol. The molecule has 79 heavy (non-hydrogen) atoms. The first-order valence-corrected chi connectivity index (χ1v) is 27.1. The van der Waals surface area contributed by atoms with Crippen LogP contribution in [-0.4, -0.2) is 19.5 Å². The number of hydrogen-bond donors (Lipinski definition) is 0. The predicted octanol–water partition coefficient (Wildman–Crippen LogP) is 19.6. The standard InChI is InChI=1S/C75H58N4/c1-4-5-23-52(2)53(3)48-63(56-28-15-8-16-29-56)45-47-72-76-74(62-32-19-10-20-33-62)78-75(77-72)65-50-67(60-40-36-58(37-41-60)54-24-11-6-12-25-54)73(68(51-65)61-42-38-59(39-43-61)55-26-13-7-14-27-55)79-70-35-22-21-34-66(70)69-49-64(44-46-71(69)79)57-30-17-9-18-31-57/h4-42,44-51,61H,3,43H2,1-2H3/b5-4-,47-45+,52-23+,63-48+. The minimum Gasteiger partial charge on any atom is -0.308 e. The minimum atomic E-state index is -0.00338. The van der Waals surface area contributed by atoms with Crippen molar-refractivity contribution < 1.29 is 0 Å². The van der Waals surface area contributed by atoms with E-state index in [0.717, 1.165) is 73.2 Å². The van der Waals surface area contributed by atoms with E-state index in [4.69, 9.17) is 15.0 Å². The first-order chi connectivity index (χ1) is 39.0. The Morgan fingerprint density at radius 2 is 1.09 bits per heavy atom. The monoisotopic (exact) mass is 1010 g/mol. The molecule has 0 radical (unpaired) electrons. The van der Waals surface area contributed by atoms with Crippen molar-refractivity contribution >= 4 is 39.0 Å². The lowest BCUT2D eigenvalue weighted by atomic mass is 9.84. The number of hydrogen-bond acceptors (Lipinski definition) is 3. The second-order valence-corrected chi connectivity index (χ2v) is 20.0. The molecule has 0 saturated heterocycles. The number of para-hydroxylation sites is 1. The summed E-state index contributed by atoms with van der Waals surface area (Å²) in [4.78, 5) is 15.9. The molecule has 0 bridgehead atoms. The summed E-state index contributed by atoms with van der Waals surface area (Å²) in [7, 11) is 0. The van der Waals surface area contributed by atoms with Crippen molar-refractivity contribution in [3.8, 4) is 61.8 Å². The van der Waals surface area contributed by atoms with Crippen molar-refractivity contribution in [3.05, 3.63) is 319 Å². The molecule has 11 aromatic rings. The molecule has 0 N–H and O–H groups in total. The van der Waals surface area contributed by atoms with Crippen LogP contribution in [0.1, 0.15) is 48.7 Å². The third kappa shape index (κ3) is 10.6. The zero-order valence-electron chi connectivity index (χ0n) is 44.4. The van der Waals surface area contributed by atoms with Gasteiger partial charge in [0.25, 0.3) is 0 Å². The summed E-state index contributed by atoms with van der Waals surface area (Å²) in [5.41, 5.74) is 19.7. The summed E-state index contributed by atoms with van der Waals surface area (Å²) >= 11 is 0. The maximum Gasteiger partial charge on any atom is 0.164 e. The van der Waals surface area contributed by atoms with Crippen molar-refractivity contribution in [3.63, 3.8) is 0 Å². The molecule has 0 saturated carbocycles. The van der Waals surface area contributed by atoms with Gasteiger partial charge in [-0.1, -0.05) is 249 Å². The number of fused-ring (bicyclic) bond motifs is 3. The van der Waals surface area contributed by atoms with Crippen LogP contribution in [0.4, 0.5) is 0 Å². The molecule has 1 aliphatic rings. The highest BCUT2D eigenvalue weighted by molar-refractivity contribution is 6.11. The molecule has 4 heteroatoms. The Kier molecular flexibility index (Phi) is 14.3. The molecule has 0 spiro atoms. The van der Waals surface area contributed by atoms with E-state index in [1.54, 1.807) is 0 Å². The molecule has 2 aromatic heterocycles. The Hall–Kier alpha value is -10.0. The molecular formula is C75H58N4. The van der Waals surface area contributed by atoms with Crippen LogP contribution in [0.25, 0.3) is 101 Å². The Labute approximate surface area is 463 Å². The molecule has 2 heterocycles. The average Bonchev–Trinajstić information content (AvgIpc) is 4.07. The van der Waals surface area contributed by atoms with Crippen molar-refractivity contribution in [2.24, 2.45) is 0 Å². The number of allylic oxidation sites excluding steroid dienone is 12. The zero-order chi connectivity index (χ0) is 53.5. The van der Waals surface area contributed by atoms with Crippen LogP contribution in [0.3, 0.4) is 0 Å². The molecule has 0 amide bonds. The highest BCUT2D eigenvalue weighted by Gasteiger charge is 2.26. The van der Waals surface area contributed by atoms with Gasteiger partial charge in [0.15, 0.2) is 17.5 Å². The fraction of sp³-hybridized carbons (Fsp3) is 0.0533. The van der Waals surface area contributed by atoms with E-state index in [2.05, 4.69) is 261 Å². The summed E-state index contributed by atoms with van der Waals surface area (Å²) < 4.78 is 2.51. The van der Waals surface area contributed by atoms with E-state index >= 15 is 0 Å². The van der Waals surface area contributed by atoms with E-state index in [1.807, 2.05) is 49.4 Å². The van der Waals surface area contributed by atoms with E-state index < -0.39 is 0 Å². The van der Waals surface area contributed by atoms with Gasteiger partial charge >= 0.3 is 0 Å². The molecule has 1 aliphatic carbocycles. The third-order valence-corrected chi connectivity index (χ3v) is 14.9. The molecule has 0 aliphatic heterocycles. The second-order valence-electron chi connectivity index (χ2n) is 20.0. The fourth-order valence-corrected chi connectivity index (χ4v) is 10.7. The van der Waals surface area contributed by atoms with Crippen molar-refractivity contribution in [1.29, 1.82) is 0 Å². The summed E-state index contributed by atoms with van der Waals surface area (Å²) in [6.45, 7) is 8.57. The highest BCUT2D eigenvalue weighted by Crippen LogP contribution is 2.45. The van der Waals surface area contributed by atoms with Crippen LogP contribution in [0.15, 0.2) is 297 Å². The van der Waals surface area contributed by atoms with Crippen LogP contribution in [-0.2, 0) is 0 Å². The largest absolute Gasteiger partial charge is 0.308 e. The Bertz CT molecular complexity index is 4200. The van der Waals surface area contributed by atoms with Crippen molar-refractivity contribution in [2.45, 2.75) is 26.2 Å². The van der Waals surface area contributed by atoms with Crippen molar-refractivity contribution in [2.75, 3.05) is 0 Å². The van der Waals surface area contributed by atoms with Gasteiger partial charge in [0, 0.05) is 33.4 Å². The van der Waals surface area contributed by atoms with Gasteiger partial charge in [0.05, 0.1) is 16.7 Å². The lowest BCUT2D eigenvalue weighted by Crippen LogP contribution is -2.09. The van der Waals surface area contributed by atoms with Gasteiger partial charge in [-0.15, -0.1) is 0 Å². The number of benzene rings is 9. The minimum absolute atomic E-state index is 0.00338. The van der Waals surface area contributed by atoms with Crippen LogP contribution >= 0.6 is 0 Å². The summed E-state index contributed by atoms with van der Waals surface area (Å²) in [5, 5.41) is 2.39. The molecule has 4 nitrogen and oxygen atoms in total. The molecule has 9 aromatic carbocycles. The number of rotatable bonds is 14. The summed E-state index contributed by atoms with van der Waals surface area (Å²) in [5.74, 6) is 1.71. The first-order valence-electron chi connectivity index (χ1n) is 27.1. The van der Waals surface area contributed by atoms with Gasteiger partial charge in [0.1, 0.15) is 0 Å². The van der Waals surface area contributed by atoms with Crippen LogP contribution < -0.4 is 0 Å². The van der Waals surface area contributed by atoms with Gasteiger partial charge in [-0.25, -0.2) is 15.0 Å². The average molecular weight is 1020 g/mol. The van der Waals surface area contributed by atoms with Gasteiger partial charge in [-0.3, -0.25) is 0 Å². The second kappa shape index (κ2) is 22.7. The van der Waals surface area contributed by atoms with Crippen LogP contribution in [0, 0.1) is 0 Å². The van der Waals surface area contributed by atoms with E-state index in [-0.39, 0.29) is 5.92 Å². The number of nitrogens with zero attached hydrogens (tertiary/aromatic N) is 4. The maximum atomic E-state index is 5.39. The topological polar surface area (TPSA) is 43.6 Å². The third-order valence-electron chi connectivity index (χ3n) is 14.9. The first kappa shape index (κ1) is 49.8. The Morgan fingerprint density at radius 3 is 1.75 bits per heavy atom. The number of aromatic nitrogens is 4. The van der Waals surface area contributed by atoms with Gasteiger partial charge < -0.3 is 4.57 Å². The lowest BCUT2D eigenvalue weighted by Gasteiger charge is -2.25. The van der Waals surface area contributed by atoms with E-state index in [1.165, 1.54) is 44.2 Å². The molecule has 1 atom stereocenters. The molecule has 378 valence electrons. The van der Waals surface area contributed by atoms with Crippen LogP contribution in [0.2, 0.25) is 0 Å². The van der Waals surface area contributed by atoms with Gasteiger partial charge in [-0.2, -0.15) is 0 Å². The van der Waals surface area contributed by atoms with Gasteiger partial charge in [-0.05, 0) is 130 Å². The van der Waals surface area contributed by atoms with E-state index in [0.29, 0.717) is 17.5 Å². The molecule has 0 fully saturated rings. The quantitative estimate of drug-likeness (QED) is 0.102. The van der Waals surface area contributed by atoms with Crippen LogP contribution in [0.5, 0.6) is 0 Å². The zero-order valence-corrected chi connectivity index (χ0v) is 44.4. The highest BCUT2D eigenvalue weighted by atomic mass is 15.0. The Balaban J connectivity index is 1.11. The van der Waals surface area contributed by atoms with Crippen molar-refractivity contribution in [1.82, 2.24) is 19.5 Å². The summed E-state index contributed by atoms with van der Waals surface area (Å²) in [6.07, 6.45) is 20.3. The molecular weight excluding hydrogens is 957 g/mol. The smallest absolute Gasteiger partial charge is 0.164 e. The maximum absolute atomic E-state index is 5.39.